The van der Waals surface area contributed by atoms with Crippen molar-refractivity contribution in [3.8, 4) is 11.4 Å². The standard InChI is InChI=1S/C14H11FN2O3/c1-2-11-8(3-4-20-11)13-16-10-6-7(15)5-9(14(18)19)12(10)17-13/h3-6H,2H2,1H3,(H,16,17)(H,18,19). The molecule has 0 bridgehead atoms. The van der Waals surface area contributed by atoms with Crippen LogP contribution in [0.25, 0.3) is 22.4 Å². The van der Waals surface area contributed by atoms with Gasteiger partial charge in [-0.1, -0.05) is 6.92 Å². The van der Waals surface area contributed by atoms with Crippen molar-refractivity contribution in [3.05, 3.63) is 41.6 Å². The molecule has 0 aliphatic carbocycles. The number of halogens is 1. The summed E-state index contributed by atoms with van der Waals surface area (Å²) >= 11 is 0. The van der Waals surface area contributed by atoms with Gasteiger partial charge in [-0.05, 0) is 18.2 Å². The summed E-state index contributed by atoms with van der Waals surface area (Å²) in [7, 11) is 0. The van der Waals surface area contributed by atoms with E-state index < -0.39 is 11.8 Å². The molecule has 2 N–H and O–H groups in total. The van der Waals surface area contributed by atoms with E-state index in [4.69, 9.17) is 9.52 Å². The number of aromatic nitrogens is 2. The number of aryl methyl sites for hydroxylation is 1. The molecule has 0 atom stereocenters. The minimum Gasteiger partial charge on any atom is -0.478 e. The zero-order valence-corrected chi connectivity index (χ0v) is 10.6. The number of imidazole rings is 1. The third kappa shape index (κ3) is 1.85. The van der Waals surface area contributed by atoms with E-state index in [0.717, 1.165) is 17.4 Å². The van der Waals surface area contributed by atoms with Gasteiger partial charge in [-0.2, -0.15) is 0 Å². The lowest BCUT2D eigenvalue weighted by Crippen LogP contribution is -1.98. The molecule has 0 aliphatic heterocycles. The summed E-state index contributed by atoms with van der Waals surface area (Å²) in [5, 5.41) is 9.11. The van der Waals surface area contributed by atoms with Crippen molar-refractivity contribution < 1.29 is 18.7 Å². The molecule has 0 radical (unpaired) electrons. The van der Waals surface area contributed by atoms with Crippen molar-refractivity contribution >= 4 is 17.0 Å². The van der Waals surface area contributed by atoms with Crippen molar-refractivity contribution in [2.45, 2.75) is 13.3 Å². The molecule has 3 rings (SSSR count). The summed E-state index contributed by atoms with van der Waals surface area (Å²) in [6.45, 7) is 1.94. The first-order valence-corrected chi connectivity index (χ1v) is 6.09. The van der Waals surface area contributed by atoms with E-state index in [2.05, 4.69) is 9.97 Å². The van der Waals surface area contributed by atoms with Crippen LogP contribution in [-0.4, -0.2) is 21.0 Å². The summed E-state index contributed by atoms with van der Waals surface area (Å²) in [5.41, 5.74) is 1.17. The number of hydrogen-bond donors (Lipinski definition) is 2. The predicted molar refractivity (Wildman–Crippen MR) is 70.1 cm³/mol. The van der Waals surface area contributed by atoms with Gasteiger partial charge in [-0.3, -0.25) is 0 Å². The third-order valence-corrected chi connectivity index (χ3v) is 3.10. The fraction of sp³-hybridized carbons (Fsp3) is 0.143. The Kier molecular flexibility index (Phi) is 2.78. The number of aromatic amines is 1. The van der Waals surface area contributed by atoms with E-state index in [1.807, 2.05) is 6.92 Å². The maximum atomic E-state index is 13.4. The fourth-order valence-electron chi connectivity index (χ4n) is 2.20. The number of benzene rings is 1. The number of fused-ring (bicyclic) bond motifs is 1. The van der Waals surface area contributed by atoms with Gasteiger partial charge in [0.2, 0.25) is 0 Å². The van der Waals surface area contributed by atoms with Gasteiger partial charge in [0.25, 0.3) is 0 Å². The van der Waals surface area contributed by atoms with Crippen molar-refractivity contribution in [1.82, 2.24) is 9.97 Å². The number of carbonyl (C=O) groups is 1. The van der Waals surface area contributed by atoms with E-state index in [1.165, 1.54) is 6.07 Å². The maximum Gasteiger partial charge on any atom is 0.338 e. The monoisotopic (exact) mass is 274 g/mol. The second-order valence-electron chi connectivity index (χ2n) is 4.35. The van der Waals surface area contributed by atoms with Crippen LogP contribution in [0.3, 0.4) is 0 Å². The molecule has 3 aromatic rings. The molecule has 2 aromatic heterocycles. The molecule has 0 unspecified atom stereocenters. The average Bonchev–Trinajstić information content (AvgIpc) is 3.02. The summed E-state index contributed by atoms with van der Waals surface area (Å²) in [4.78, 5) is 18.3. The molecule has 102 valence electrons. The Hall–Kier alpha value is -2.63. The van der Waals surface area contributed by atoms with Crippen molar-refractivity contribution in [2.75, 3.05) is 0 Å². The lowest BCUT2D eigenvalue weighted by atomic mass is 10.2. The molecule has 0 amide bonds. The smallest absolute Gasteiger partial charge is 0.338 e. The van der Waals surface area contributed by atoms with Gasteiger partial charge in [0.1, 0.15) is 22.9 Å². The molecule has 0 saturated heterocycles. The van der Waals surface area contributed by atoms with E-state index >= 15 is 0 Å². The van der Waals surface area contributed by atoms with E-state index in [-0.39, 0.29) is 11.1 Å². The van der Waals surface area contributed by atoms with Crippen LogP contribution in [-0.2, 0) is 6.42 Å². The minimum atomic E-state index is -1.21. The number of aromatic carboxylic acids is 1. The molecule has 1 aromatic carbocycles. The Labute approximate surface area is 113 Å². The average molecular weight is 274 g/mol. The quantitative estimate of drug-likeness (QED) is 0.768. The second kappa shape index (κ2) is 4.48. The number of nitrogens with zero attached hydrogens (tertiary/aromatic N) is 1. The number of hydrogen-bond acceptors (Lipinski definition) is 3. The van der Waals surface area contributed by atoms with Crippen LogP contribution in [0.4, 0.5) is 4.39 Å². The number of nitrogens with one attached hydrogen (secondary N) is 1. The highest BCUT2D eigenvalue weighted by molar-refractivity contribution is 6.01. The van der Waals surface area contributed by atoms with Crippen LogP contribution in [0.15, 0.2) is 28.9 Å². The van der Waals surface area contributed by atoms with Crippen molar-refractivity contribution in [2.24, 2.45) is 0 Å². The highest BCUT2D eigenvalue weighted by atomic mass is 19.1. The predicted octanol–water partition coefficient (Wildman–Crippen LogP) is 3.22. The summed E-state index contributed by atoms with van der Waals surface area (Å²) in [5.74, 6) is -0.622. The molecule has 6 heteroatoms. The largest absolute Gasteiger partial charge is 0.478 e. The molecule has 0 spiro atoms. The van der Waals surface area contributed by atoms with Crippen molar-refractivity contribution in [1.29, 1.82) is 0 Å². The van der Waals surface area contributed by atoms with Crippen LogP contribution in [0.1, 0.15) is 23.0 Å². The molecule has 2 heterocycles. The van der Waals surface area contributed by atoms with Gasteiger partial charge in [0, 0.05) is 6.42 Å². The molecular formula is C14H11FN2O3. The molecule has 5 nitrogen and oxygen atoms in total. The van der Waals surface area contributed by atoms with Crippen LogP contribution < -0.4 is 0 Å². The van der Waals surface area contributed by atoms with Crippen LogP contribution >= 0.6 is 0 Å². The number of carboxylic acids is 1. The van der Waals surface area contributed by atoms with Gasteiger partial charge in [0.15, 0.2) is 0 Å². The van der Waals surface area contributed by atoms with E-state index in [1.54, 1.807) is 12.3 Å². The second-order valence-corrected chi connectivity index (χ2v) is 4.35. The number of H-pyrrole nitrogens is 1. The Morgan fingerprint density at radius 3 is 3.00 bits per heavy atom. The zero-order chi connectivity index (χ0) is 14.3. The van der Waals surface area contributed by atoms with Gasteiger partial charge >= 0.3 is 5.97 Å². The van der Waals surface area contributed by atoms with E-state index in [9.17, 15) is 9.18 Å². The normalized spacial score (nSPS) is 11.1. The first-order chi connectivity index (χ1) is 9.60. The minimum absolute atomic E-state index is 0.163. The highest BCUT2D eigenvalue weighted by Gasteiger charge is 2.17. The van der Waals surface area contributed by atoms with Gasteiger partial charge < -0.3 is 14.5 Å². The van der Waals surface area contributed by atoms with Crippen LogP contribution in [0.2, 0.25) is 0 Å². The molecule has 20 heavy (non-hydrogen) atoms. The van der Waals surface area contributed by atoms with Gasteiger partial charge in [-0.25, -0.2) is 14.2 Å². The fourth-order valence-corrected chi connectivity index (χ4v) is 2.20. The Morgan fingerprint density at radius 2 is 2.30 bits per heavy atom. The van der Waals surface area contributed by atoms with Gasteiger partial charge in [-0.15, -0.1) is 0 Å². The molecule has 0 aliphatic rings. The summed E-state index contributed by atoms with van der Waals surface area (Å²) < 4.78 is 18.7. The third-order valence-electron chi connectivity index (χ3n) is 3.10. The molecular weight excluding hydrogens is 263 g/mol. The summed E-state index contributed by atoms with van der Waals surface area (Å²) in [6, 6.07) is 3.93. The van der Waals surface area contributed by atoms with Crippen molar-refractivity contribution in [3.63, 3.8) is 0 Å². The number of carboxylic acid groups (broad SMARTS) is 1. The van der Waals surface area contributed by atoms with Crippen LogP contribution in [0, 0.1) is 5.82 Å². The SMILES string of the molecule is CCc1occc1-c1nc2c(C(=O)O)cc(F)cc2[nH]1. The Balaban J connectivity index is 2.25. The zero-order valence-electron chi connectivity index (χ0n) is 10.6. The first kappa shape index (κ1) is 12.4. The topological polar surface area (TPSA) is 79.1 Å². The number of furan rings is 1. The number of rotatable bonds is 3. The Morgan fingerprint density at radius 1 is 1.50 bits per heavy atom. The molecule has 0 fully saturated rings. The first-order valence-electron chi connectivity index (χ1n) is 6.09. The van der Waals surface area contributed by atoms with E-state index in [0.29, 0.717) is 17.8 Å². The lowest BCUT2D eigenvalue weighted by molar-refractivity contribution is 0.0698. The molecule has 0 saturated carbocycles. The van der Waals surface area contributed by atoms with Crippen LogP contribution in [0.5, 0.6) is 0 Å². The maximum absolute atomic E-state index is 13.4. The highest BCUT2D eigenvalue weighted by Crippen LogP contribution is 2.27. The van der Waals surface area contributed by atoms with Gasteiger partial charge in [0.05, 0.1) is 22.9 Å². The lowest BCUT2D eigenvalue weighted by Gasteiger charge is -1.95. The summed E-state index contributed by atoms with van der Waals surface area (Å²) in [6.07, 6.45) is 2.22. The Bertz CT molecular complexity index is 804.